The van der Waals surface area contributed by atoms with Gasteiger partial charge < -0.3 is 15.3 Å². The van der Waals surface area contributed by atoms with Gasteiger partial charge in [0.1, 0.15) is 17.5 Å². The smallest absolute Gasteiger partial charge is 0.138 e. The molecule has 0 saturated heterocycles. The molecule has 1 heterocycles. The van der Waals surface area contributed by atoms with Crippen LogP contribution in [0.5, 0.6) is 0 Å². The molecule has 20 heavy (non-hydrogen) atoms. The minimum Gasteiger partial charge on any atom is -0.393 e. The Morgan fingerprint density at radius 1 is 1.35 bits per heavy atom. The number of aliphatic hydroxyl groups excluding tert-OH is 1. The first-order valence-corrected chi connectivity index (χ1v) is 7.26. The molecule has 0 spiro atoms. The quantitative estimate of drug-likeness (QED) is 0.838. The second-order valence-electron chi connectivity index (χ2n) is 6.27. The minimum absolute atomic E-state index is 0.0920. The molecular weight excluding hydrogens is 252 g/mol. The molecule has 0 aliphatic heterocycles. The predicted octanol–water partition coefficient (Wildman–Crippen LogP) is 2.41. The Morgan fingerprint density at radius 3 is 2.50 bits per heavy atom. The second kappa shape index (κ2) is 6.88. The molecule has 0 aliphatic carbocycles. The van der Waals surface area contributed by atoms with Crippen molar-refractivity contribution in [2.45, 2.75) is 52.6 Å². The molecule has 0 fully saturated rings. The molecule has 0 amide bonds. The van der Waals surface area contributed by atoms with Crippen LogP contribution in [0, 0.1) is 0 Å². The number of anilines is 2. The minimum atomic E-state index is -0.297. The number of aliphatic hydroxyl groups is 1. The van der Waals surface area contributed by atoms with Crippen molar-refractivity contribution in [2.75, 3.05) is 30.4 Å². The van der Waals surface area contributed by atoms with Crippen LogP contribution in [0.1, 0.15) is 46.9 Å². The largest absolute Gasteiger partial charge is 0.393 e. The van der Waals surface area contributed by atoms with Crippen LogP contribution in [0.2, 0.25) is 0 Å². The van der Waals surface area contributed by atoms with E-state index >= 15 is 0 Å². The zero-order valence-corrected chi connectivity index (χ0v) is 13.6. The van der Waals surface area contributed by atoms with E-state index < -0.39 is 0 Å². The number of aromatic nitrogens is 2. The summed E-state index contributed by atoms with van der Waals surface area (Å²) in [5.74, 6) is 2.57. The zero-order valence-electron chi connectivity index (χ0n) is 13.6. The number of hydrogen-bond acceptors (Lipinski definition) is 5. The number of nitrogens with one attached hydrogen (secondary N) is 1. The molecule has 0 saturated carbocycles. The highest BCUT2D eigenvalue weighted by atomic mass is 16.3. The summed E-state index contributed by atoms with van der Waals surface area (Å²) in [7, 11) is 1.99. The van der Waals surface area contributed by atoms with E-state index in [0.29, 0.717) is 0 Å². The van der Waals surface area contributed by atoms with E-state index in [2.05, 4.69) is 47.9 Å². The summed E-state index contributed by atoms with van der Waals surface area (Å²) in [6, 6.07) is 1.96. The van der Waals surface area contributed by atoms with Crippen molar-refractivity contribution in [2.24, 2.45) is 0 Å². The molecule has 5 nitrogen and oxygen atoms in total. The molecule has 0 aromatic carbocycles. The van der Waals surface area contributed by atoms with E-state index in [9.17, 15) is 5.11 Å². The molecule has 0 aliphatic rings. The first-order chi connectivity index (χ1) is 9.24. The van der Waals surface area contributed by atoms with Gasteiger partial charge in [-0.05, 0) is 20.3 Å². The van der Waals surface area contributed by atoms with Gasteiger partial charge in [0.15, 0.2) is 0 Å². The van der Waals surface area contributed by atoms with Gasteiger partial charge in [-0.3, -0.25) is 0 Å². The Labute approximate surface area is 122 Å². The molecule has 1 aromatic heterocycles. The van der Waals surface area contributed by atoms with Gasteiger partial charge in [-0.1, -0.05) is 20.8 Å². The summed E-state index contributed by atoms with van der Waals surface area (Å²) in [4.78, 5) is 11.3. The maximum Gasteiger partial charge on any atom is 0.138 e. The average molecular weight is 280 g/mol. The van der Waals surface area contributed by atoms with Crippen LogP contribution in [0.3, 0.4) is 0 Å². The maximum absolute atomic E-state index is 9.40. The number of nitrogens with zero attached hydrogens (tertiary/aromatic N) is 3. The summed E-state index contributed by atoms with van der Waals surface area (Å²) in [6.45, 7) is 11.8. The molecular formula is C15H28N4O. The third-order valence-corrected chi connectivity index (χ3v) is 3.01. The van der Waals surface area contributed by atoms with E-state index in [4.69, 9.17) is 0 Å². The number of rotatable bonds is 6. The summed E-state index contributed by atoms with van der Waals surface area (Å²) < 4.78 is 0. The summed E-state index contributed by atoms with van der Waals surface area (Å²) >= 11 is 0. The molecule has 5 heteroatoms. The summed E-state index contributed by atoms with van der Waals surface area (Å²) in [5.41, 5.74) is -0.0920. The highest BCUT2D eigenvalue weighted by Gasteiger charge is 2.20. The lowest BCUT2D eigenvalue weighted by atomic mass is 9.96. The lowest BCUT2D eigenvalue weighted by molar-refractivity contribution is 0.187. The van der Waals surface area contributed by atoms with Crippen molar-refractivity contribution < 1.29 is 5.11 Å². The van der Waals surface area contributed by atoms with Crippen LogP contribution < -0.4 is 10.2 Å². The first-order valence-electron chi connectivity index (χ1n) is 7.26. The Kier molecular flexibility index (Phi) is 5.74. The standard InChI is InChI=1S/C15H28N4O/c1-7-16-12-10-13(19(6)9-8-11(2)20)18-14(17-12)15(3,4)5/h10-11,20H,7-9H2,1-6H3,(H,16,17,18). The fourth-order valence-corrected chi connectivity index (χ4v) is 1.73. The van der Waals surface area contributed by atoms with Crippen molar-refractivity contribution in [3.05, 3.63) is 11.9 Å². The highest BCUT2D eigenvalue weighted by Crippen LogP contribution is 2.23. The first kappa shape index (κ1) is 16.7. The molecule has 2 N–H and O–H groups in total. The van der Waals surface area contributed by atoms with Crippen LogP contribution in [0.25, 0.3) is 0 Å². The van der Waals surface area contributed by atoms with Crippen molar-refractivity contribution in [1.29, 1.82) is 0 Å². The summed E-state index contributed by atoms with van der Waals surface area (Å²) in [6.07, 6.45) is 0.427. The Hall–Kier alpha value is -1.36. The molecule has 0 bridgehead atoms. The van der Waals surface area contributed by atoms with Crippen LogP contribution in [-0.4, -0.2) is 41.3 Å². The Bertz CT molecular complexity index is 426. The van der Waals surface area contributed by atoms with Crippen molar-refractivity contribution in [3.63, 3.8) is 0 Å². The van der Waals surface area contributed by atoms with Gasteiger partial charge in [0.25, 0.3) is 0 Å². The average Bonchev–Trinajstić information content (AvgIpc) is 2.34. The molecule has 1 unspecified atom stereocenters. The maximum atomic E-state index is 9.40. The third kappa shape index (κ3) is 4.96. The van der Waals surface area contributed by atoms with Crippen molar-refractivity contribution in [3.8, 4) is 0 Å². The second-order valence-corrected chi connectivity index (χ2v) is 6.27. The van der Waals surface area contributed by atoms with Gasteiger partial charge in [-0.15, -0.1) is 0 Å². The fourth-order valence-electron chi connectivity index (χ4n) is 1.73. The van der Waals surface area contributed by atoms with Gasteiger partial charge in [-0.25, -0.2) is 9.97 Å². The van der Waals surface area contributed by atoms with Crippen molar-refractivity contribution in [1.82, 2.24) is 9.97 Å². The number of hydrogen-bond donors (Lipinski definition) is 2. The van der Waals surface area contributed by atoms with Crippen molar-refractivity contribution >= 4 is 11.6 Å². The van der Waals surface area contributed by atoms with E-state index in [-0.39, 0.29) is 11.5 Å². The lowest BCUT2D eigenvalue weighted by Crippen LogP contribution is -2.25. The van der Waals surface area contributed by atoms with Crippen LogP contribution >= 0.6 is 0 Å². The normalized spacial score (nSPS) is 13.2. The zero-order chi connectivity index (χ0) is 15.3. The van der Waals surface area contributed by atoms with E-state index in [0.717, 1.165) is 37.0 Å². The van der Waals surface area contributed by atoms with Crippen LogP contribution in [-0.2, 0) is 5.41 Å². The fraction of sp³-hybridized carbons (Fsp3) is 0.733. The highest BCUT2D eigenvalue weighted by molar-refractivity contribution is 5.49. The van der Waals surface area contributed by atoms with Crippen LogP contribution in [0.4, 0.5) is 11.6 Å². The summed E-state index contributed by atoms with van der Waals surface area (Å²) in [5, 5.41) is 12.7. The van der Waals surface area contributed by atoms with Gasteiger partial charge in [-0.2, -0.15) is 0 Å². The SMILES string of the molecule is CCNc1cc(N(C)CCC(C)O)nc(C(C)(C)C)n1. The van der Waals surface area contributed by atoms with Crippen LogP contribution in [0.15, 0.2) is 6.07 Å². The molecule has 114 valence electrons. The van der Waals surface area contributed by atoms with E-state index in [1.165, 1.54) is 0 Å². The molecule has 1 rings (SSSR count). The van der Waals surface area contributed by atoms with Gasteiger partial charge in [0.05, 0.1) is 6.10 Å². The third-order valence-electron chi connectivity index (χ3n) is 3.01. The molecule has 0 radical (unpaired) electrons. The van der Waals surface area contributed by atoms with E-state index in [1.54, 1.807) is 6.92 Å². The Balaban J connectivity index is 3.02. The molecule has 1 aromatic rings. The monoisotopic (exact) mass is 280 g/mol. The van der Waals surface area contributed by atoms with Gasteiger partial charge >= 0.3 is 0 Å². The predicted molar refractivity (Wildman–Crippen MR) is 84.5 cm³/mol. The topological polar surface area (TPSA) is 61.3 Å². The van der Waals surface area contributed by atoms with E-state index in [1.807, 2.05) is 13.1 Å². The lowest BCUT2D eigenvalue weighted by Gasteiger charge is -2.23. The van der Waals surface area contributed by atoms with Gasteiger partial charge in [0.2, 0.25) is 0 Å². The Morgan fingerprint density at radius 2 is 2.00 bits per heavy atom. The molecule has 1 atom stereocenters. The van der Waals surface area contributed by atoms with Gasteiger partial charge in [0, 0.05) is 31.6 Å².